The Morgan fingerprint density at radius 1 is 1.09 bits per heavy atom. The summed E-state index contributed by atoms with van der Waals surface area (Å²) in [5, 5.41) is 12.0. The van der Waals surface area contributed by atoms with Gasteiger partial charge >= 0.3 is 6.09 Å². The van der Waals surface area contributed by atoms with E-state index in [1.54, 1.807) is 0 Å². The number of fused-ring (bicyclic) bond motifs is 4. The molecule has 34 heavy (non-hydrogen) atoms. The van der Waals surface area contributed by atoms with Gasteiger partial charge in [-0.25, -0.2) is 9.78 Å². The molecule has 2 aromatic heterocycles. The van der Waals surface area contributed by atoms with E-state index < -0.39 is 5.60 Å². The minimum atomic E-state index is -0.499. The summed E-state index contributed by atoms with van der Waals surface area (Å²) in [4.78, 5) is 26.8. The number of H-pyrrole nitrogens is 1. The first-order chi connectivity index (χ1) is 16.3. The molecule has 9 heteroatoms. The molecule has 2 unspecified atom stereocenters. The predicted molar refractivity (Wildman–Crippen MR) is 130 cm³/mol. The van der Waals surface area contributed by atoms with Crippen molar-refractivity contribution >= 4 is 34.6 Å². The zero-order valence-electron chi connectivity index (χ0n) is 19.9. The fourth-order valence-electron chi connectivity index (χ4n) is 5.03. The van der Waals surface area contributed by atoms with Crippen LogP contribution in [-0.2, 0) is 4.74 Å². The maximum Gasteiger partial charge on any atom is 0.410 e. The third-order valence-corrected chi connectivity index (χ3v) is 6.87. The SMILES string of the molecule is CC(C)(C)OC(=O)N1CC2CCC1CN2c1nc(Nc2cc(C3CC3)[nH]n2)c2ccccc2n1. The first-order valence-electron chi connectivity index (χ1n) is 12.2. The molecular formula is C25H31N7O2. The van der Waals surface area contributed by atoms with Crippen molar-refractivity contribution in [2.45, 2.75) is 70.1 Å². The van der Waals surface area contributed by atoms with E-state index in [1.165, 1.54) is 18.5 Å². The minimum Gasteiger partial charge on any atom is -0.444 e. The molecule has 1 amide bonds. The van der Waals surface area contributed by atoms with Crippen LogP contribution in [0.15, 0.2) is 30.3 Å². The quantitative estimate of drug-likeness (QED) is 0.587. The molecule has 178 valence electrons. The number of nitrogens with one attached hydrogen (secondary N) is 2. The molecule has 3 aromatic rings. The fraction of sp³-hybridized carbons (Fsp3) is 0.520. The summed E-state index contributed by atoms with van der Waals surface area (Å²) in [7, 11) is 0. The van der Waals surface area contributed by atoms with Crippen LogP contribution in [0.2, 0.25) is 0 Å². The van der Waals surface area contributed by atoms with Crippen LogP contribution in [0.1, 0.15) is 58.1 Å². The van der Waals surface area contributed by atoms with Crippen molar-refractivity contribution in [3.8, 4) is 0 Å². The monoisotopic (exact) mass is 461 g/mol. The molecule has 7 rings (SSSR count). The third-order valence-electron chi connectivity index (χ3n) is 6.87. The Hall–Kier alpha value is -3.36. The van der Waals surface area contributed by atoms with Gasteiger partial charge in [0, 0.05) is 42.2 Å². The number of hydrogen-bond donors (Lipinski definition) is 2. The van der Waals surface area contributed by atoms with Crippen LogP contribution in [0.5, 0.6) is 0 Å². The molecule has 0 spiro atoms. The summed E-state index contributed by atoms with van der Waals surface area (Å²) in [5.74, 6) is 2.82. The Kier molecular flexibility index (Phi) is 4.89. The van der Waals surface area contributed by atoms with Crippen LogP contribution >= 0.6 is 0 Å². The normalized spacial score (nSPS) is 22.3. The number of carbonyl (C=O) groups excluding carboxylic acids is 1. The number of hydrogen-bond acceptors (Lipinski definition) is 7. The van der Waals surface area contributed by atoms with Gasteiger partial charge in [-0.15, -0.1) is 0 Å². The van der Waals surface area contributed by atoms with Crippen LogP contribution in [0, 0.1) is 0 Å². The Morgan fingerprint density at radius 3 is 2.62 bits per heavy atom. The van der Waals surface area contributed by atoms with Crippen molar-refractivity contribution in [2.24, 2.45) is 0 Å². The Balaban J connectivity index is 1.28. The Labute approximate surface area is 198 Å². The Bertz CT molecular complexity index is 1230. The van der Waals surface area contributed by atoms with E-state index in [0.717, 1.165) is 35.4 Å². The predicted octanol–water partition coefficient (Wildman–Crippen LogP) is 4.56. The highest BCUT2D eigenvalue weighted by molar-refractivity contribution is 5.91. The largest absolute Gasteiger partial charge is 0.444 e. The fourth-order valence-corrected chi connectivity index (χ4v) is 5.03. The van der Waals surface area contributed by atoms with Crippen molar-refractivity contribution in [2.75, 3.05) is 23.3 Å². The average molecular weight is 462 g/mol. The van der Waals surface area contributed by atoms with Crippen LogP contribution < -0.4 is 10.2 Å². The number of amides is 1. The molecule has 1 saturated carbocycles. The summed E-state index contributed by atoms with van der Waals surface area (Å²) in [6.45, 7) is 7.05. The molecule has 3 aliphatic heterocycles. The number of ether oxygens (including phenoxy) is 1. The summed E-state index contributed by atoms with van der Waals surface area (Å²) < 4.78 is 5.65. The van der Waals surface area contributed by atoms with E-state index in [-0.39, 0.29) is 18.2 Å². The number of piperidine rings is 2. The number of piperazine rings is 1. The molecular weight excluding hydrogens is 430 g/mol. The summed E-state index contributed by atoms with van der Waals surface area (Å²) in [6, 6.07) is 10.4. The van der Waals surface area contributed by atoms with Gasteiger partial charge in [-0.05, 0) is 58.6 Å². The summed E-state index contributed by atoms with van der Waals surface area (Å²) in [6.07, 6.45) is 4.19. The molecule has 3 saturated heterocycles. The van der Waals surface area contributed by atoms with Crippen LogP contribution in [0.25, 0.3) is 10.9 Å². The molecule has 9 nitrogen and oxygen atoms in total. The van der Waals surface area contributed by atoms with E-state index >= 15 is 0 Å². The van der Waals surface area contributed by atoms with E-state index in [9.17, 15) is 4.79 Å². The highest BCUT2D eigenvalue weighted by atomic mass is 16.6. The number of rotatable bonds is 4. The number of carbonyl (C=O) groups is 1. The third kappa shape index (κ3) is 4.03. The molecule has 2 N–H and O–H groups in total. The molecule has 1 aromatic carbocycles. The maximum absolute atomic E-state index is 12.8. The number of anilines is 3. The van der Waals surface area contributed by atoms with Gasteiger partial charge in [0.15, 0.2) is 5.82 Å². The lowest BCUT2D eigenvalue weighted by atomic mass is 9.91. The lowest BCUT2D eigenvalue weighted by Crippen LogP contribution is -2.64. The standard InChI is InChI=1S/C25H31N7O2/c1-25(2,3)34-24(33)32-14-16-10-11-17(32)13-31(16)23-26-19-7-5-4-6-18(19)22(28-23)27-21-12-20(29-30-21)15-8-9-15/h4-7,12,15-17H,8-11,13-14H2,1-3H3,(H2,26,27,28,29,30). The maximum atomic E-state index is 12.8. The molecule has 0 radical (unpaired) electrons. The molecule has 5 heterocycles. The van der Waals surface area contributed by atoms with Crippen molar-refractivity contribution in [1.29, 1.82) is 0 Å². The highest BCUT2D eigenvalue weighted by Gasteiger charge is 2.43. The van der Waals surface area contributed by atoms with Gasteiger partial charge in [0.1, 0.15) is 11.4 Å². The van der Waals surface area contributed by atoms with Gasteiger partial charge in [0.25, 0.3) is 0 Å². The van der Waals surface area contributed by atoms with Gasteiger partial charge in [-0.1, -0.05) is 12.1 Å². The number of nitrogens with zero attached hydrogens (tertiary/aromatic N) is 5. The number of aromatic nitrogens is 4. The Morgan fingerprint density at radius 2 is 1.88 bits per heavy atom. The summed E-state index contributed by atoms with van der Waals surface area (Å²) in [5.41, 5.74) is 1.57. The molecule has 4 aliphatic rings. The van der Waals surface area contributed by atoms with E-state index in [2.05, 4.69) is 26.5 Å². The van der Waals surface area contributed by atoms with Crippen molar-refractivity contribution < 1.29 is 9.53 Å². The lowest BCUT2D eigenvalue weighted by molar-refractivity contribution is 0.000684. The van der Waals surface area contributed by atoms with Gasteiger partial charge < -0.3 is 19.9 Å². The average Bonchev–Trinajstić information content (AvgIpc) is 3.57. The topological polar surface area (TPSA) is 99.3 Å². The number of benzene rings is 1. The molecule has 2 atom stereocenters. The zero-order valence-corrected chi connectivity index (χ0v) is 19.9. The van der Waals surface area contributed by atoms with Gasteiger partial charge in [0.05, 0.1) is 11.6 Å². The summed E-state index contributed by atoms with van der Waals surface area (Å²) >= 11 is 0. The van der Waals surface area contributed by atoms with Crippen molar-refractivity contribution in [3.05, 3.63) is 36.0 Å². The minimum absolute atomic E-state index is 0.0961. The molecule has 1 aliphatic carbocycles. The second-order valence-electron chi connectivity index (χ2n) is 10.7. The lowest BCUT2D eigenvalue weighted by Gasteiger charge is -2.51. The van der Waals surface area contributed by atoms with E-state index in [0.29, 0.717) is 25.0 Å². The van der Waals surface area contributed by atoms with Gasteiger partial charge in [-0.3, -0.25) is 5.10 Å². The first-order valence-corrected chi connectivity index (χ1v) is 12.2. The first kappa shape index (κ1) is 21.2. The molecule has 4 fully saturated rings. The second kappa shape index (κ2) is 7.85. The van der Waals surface area contributed by atoms with Gasteiger partial charge in [0.2, 0.25) is 5.95 Å². The highest BCUT2D eigenvalue weighted by Crippen LogP contribution is 2.40. The van der Waals surface area contributed by atoms with Crippen molar-refractivity contribution in [1.82, 2.24) is 25.1 Å². The number of aromatic amines is 1. The smallest absolute Gasteiger partial charge is 0.410 e. The van der Waals surface area contributed by atoms with Crippen molar-refractivity contribution in [3.63, 3.8) is 0 Å². The van der Waals surface area contributed by atoms with E-state index in [4.69, 9.17) is 14.7 Å². The van der Waals surface area contributed by atoms with E-state index in [1.807, 2.05) is 49.9 Å². The van der Waals surface area contributed by atoms with Crippen LogP contribution in [0.3, 0.4) is 0 Å². The van der Waals surface area contributed by atoms with Gasteiger partial charge in [-0.2, -0.15) is 10.1 Å². The molecule has 2 bridgehead atoms. The van der Waals surface area contributed by atoms with Crippen LogP contribution in [0.4, 0.5) is 22.4 Å². The number of para-hydroxylation sites is 1. The van der Waals surface area contributed by atoms with Crippen LogP contribution in [-0.4, -0.2) is 61.9 Å². The zero-order chi connectivity index (χ0) is 23.4. The second-order valence-corrected chi connectivity index (χ2v) is 10.7.